The molecule has 0 spiro atoms. The van der Waals surface area contributed by atoms with Gasteiger partial charge in [0.1, 0.15) is 11.6 Å². The molecule has 2 atom stereocenters. The fourth-order valence-corrected chi connectivity index (χ4v) is 4.73. The third kappa shape index (κ3) is 4.59. The van der Waals surface area contributed by atoms with Crippen LogP contribution >= 0.6 is 0 Å². The van der Waals surface area contributed by atoms with Gasteiger partial charge < -0.3 is 14.5 Å². The number of hydrogen-bond donors (Lipinski definition) is 1. The predicted octanol–water partition coefficient (Wildman–Crippen LogP) is 2.01. The van der Waals surface area contributed by atoms with Crippen LogP contribution in [0.4, 0.5) is 0 Å². The second kappa shape index (κ2) is 9.04. The molecule has 2 aromatic rings. The van der Waals surface area contributed by atoms with Crippen molar-refractivity contribution in [1.29, 1.82) is 0 Å². The van der Waals surface area contributed by atoms with E-state index in [1.54, 1.807) is 14.0 Å². The van der Waals surface area contributed by atoms with Gasteiger partial charge in [0.15, 0.2) is 0 Å². The molecule has 8 nitrogen and oxygen atoms in total. The summed E-state index contributed by atoms with van der Waals surface area (Å²) in [6.07, 6.45) is 4.37. The zero-order valence-electron chi connectivity index (χ0n) is 17.8. The zero-order chi connectivity index (χ0) is 21.1. The van der Waals surface area contributed by atoms with Gasteiger partial charge in [-0.25, -0.2) is 4.79 Å². The van der Waals surface area contributed by atoms with E-state index in [-0.39, 0.29) is 17.5 Å². The summed E-state index contributed by atoms with van der Waals surface area (Å²) in [5.74, 6) is 2.43. The molecule has 3 heterocycles. The minimum absolute atomic E-state index is 0.179. The van der Waals surface area contributed by atoms with Gasteiger partial charge in [0.2, 0.25) is 5.91 Å². The lowest BCUT2D eigenvalue weighted by atomic mass is 9.93. The Labute approximate surface area is 176 Å². The fourth-order valence-electron chi connectivity index (χ4n) is 4.73. The number of aromatic nitrogens is 3. The highest BCUT2D eigenvalue weighted by molar-refractivity contribution is 5.73. The quantitative estimate of drug-likeness (QED) is 0.811. The van der Waals surface area contributed by atoms with Crippen LogP contribution in [0, 0.1) is 5.92 Å². The van der Waals surface area contributed by atoms with Gasteiger partial charge in [-0.15, -0.1) is 5.10 Å². The van der Waals surface area contributed by atoms with Crippen LogP contribution in [0.3, 0.4) is 0 Å². The number of carbonyl (C=O) groups excluding carboxylic acids is 1. The van der Waals surface area contributed by atoms with Crippen LogP contribution in [0.15, 0.2) is 29.1 Å². The molecule has 162 valence electrons. The van der Waals surface area contributed by atoms with Crippen molar-refractivity contribution in [3.8, 4) is 11.4 Å². The van der Waals surface area contributed by atoms with Gasteiger partial charge in [0.25, 0.3) is 0 Å². The topological polar surface area (TPSA) is 83.5 Å². The van der Waals surface area contributed by atoms with E-state index in [1.807, 2.05) is 29.2 Å². The van der Waals surface area contributed by atoms with Crippen molar-refractivity contribution in [3.63, 3.8) is 0 Å². The summed E-state index contributed by atoms with van der Waals surface area (Å²) in [7, 11) is 1.62. The number of amides is 1. The number of nitrogens with zero attached hydrogens (tertiary/aromatic N) is 4. The van der Waals surface area contributed by atoms with Gasteiger partial charge >= 0.3 is 5.69 Å². The molecule has 2 saturated heterocycles. The number of benzene rings is 1. The third-order valence-electron chi connectivity index (χ3n) is 6.33. The second-order valence-corrected chi connectivity index (χ2v) is 8.50. The number of likely N-dealkylation sites (tertiary alicyclic amines) is 2. The standard InChI is InChI=1S/C22H31N5O3/c1-16(28)26-12-3-5-17(14-26)13-25-11-4-6-18(15-25)21-23-22(29)27(24-21)19-7-9-20(30-2)10-8-19/h7-10,17-18H,3-6,11-15H2,1-2H3,(H,23,24,29)/t17?,18-/m0/s1. The largest absolute Gasteiger partial charge is 0.497 e. The van der Waals surface area contributed by atoms with Crippen LogP contribution in [0.2, 0.25) is 0 Å². The number of H-pyrrole nitrogens is 1. The number of carbonyl (C=O) groups is 1. The molecule has 30 heavy (non-hydrogen) atoms. The minimum atomic E-state index is -0.211. The lowest BCUT2D eigenvalue weighted by Crippen LogP contribution is -2.45. The molecule has 0 saturated carbocycles. The zero-order valence-corrected chi connectivity index (χ0v) is 17.8. The maximum Gasteiger partial charge on any atom is 0.348 e. The lowest BCUT2D eigenvalue weighted by Gasteiger charge is -2.38. The van der Waals surface area contributed by atoms with Gasteiger partial charge in [-0.05, 0) is 62.4 Å². The van der Waals surface area contributed by atoms with Crippen molar-refractivity contribution in [3.05, 3.63) is 40.6 Å². The summed E-state index contributed by atoms with van der Waals surface area (Å²) in [5.41, 5.74) is 0.513. The van der Waals surface area contributed by atoms with Crippen molar-refractivity contribution in [1.82, 2.24) is 24.6 Å². The molecule has 0 aliphatic carbocycles. The number of rotatable bonds is 5. The Morgan fingerprint density at radius 2 is 1.93 bits per heavy atom. The molecule has 1 N–H and O–H groups in total. The Bertz CT molecular complexity index is 920. The summed E-state index contributed by atoms with van der Waals surface area (Å²) in [6, 6.07) is 7.32. The van der Waals surface area contributed by atoms with Crippen molar-refractivity contribution in [2.24, 2.45) is 5.92 Å². The van der Waals surface area contributed by atoms with Crippen LogP contribution in [-0.4, -0.2) is 70.3 Å². The highest BCUT2D eigenvalue weighted by Crippen LogP contribution is 2.26. The van der Waals surface area contributed by atoms with E-state index >= 15 is 0 Å². The average molecular weight is 414 g/mol. The average Bonchev–Trinajstić information content (AvgIpc) is 3.16. The molecule has 1 amide bonds. The molecule has 0 radical (unpaired) electrons. The van der Waals surface area contributed by atoms with Crippen molar-refractivity contribution >= 4 is 5.91 Å². The normalized spacial score (nSPS) is 22.8. The van der Waals surface area contributed by atoms with Crippen LogP contribution in [-0.2, 0) is 4.79 Å². The molecule has 1 unspecified atom stereocenters. The van der Waals surface area contributed by atoms with Gasteiger partial charge in [-0.1, -0.05) is 0 Å². The van der Waals surface area contributed by atoms with Gasteiger partial charge in [-0.2, -0.15) is 4.68 Å². The summed E-state index contributed by atoms with van der Waals surface area (Å²) < 4.78 is 6.62. The van der Waals surface area contributed by atoms with E-state index in [9.17, 15) is 9.59 Å². The molecule has 2 aliphatic rings. The van der Waals surface area contributed by atoms with E-state index in [2.05, 4.69) is 15.0 Å². The number of ether oxygens (including phenoxy) is 1. The fraction of sp³-hybridized carbons (Fsp3) is 0.591. The number of nitrogens with one attached hydrogen (secondary N) is 1. The number of methoxy groups -OCH3 is 1. The molecular weight excluding hydrogens is 382 g/mol. The lowest BCUT2D eigenvalue weighted by molar-refractivity contribution is -0.130. The van der Waals surface area contributed by atoms with Crippen LogP contribution in [0.25, 0.3) is 5.69 Å². The van der Waals surface area contributed by atoms with Crippen LogP contribution in [0.1, 0.15) is 44.3 Å². The molecule has 1 aromatic heterocycles. The van der Waals surface area contributed by atoms with E-state index in [0.29, 0.717) is 5.92 Å². The SMILES string of the molecule is COc1ccc(-n2nc([C@H]3CCCN(CC4CCCN(C(C)=O)C4)C3)[nH]c2=O)cc1. The summed E-state index contributed by atoms with van der Waals surface area (Å²) >= 11 is 0. The first-order valence-electron chi connectivity index (χ1n) is 10.8. The Balaban J connectivity index is 1.42. The van der Waals surface area contributed by atoms with Crippen molar-refractivity contribution < 1.29 is 9.53 Å². The van der Waals surface area contributed by atoms with Gasteiger partial charge in [0, 0.05) is 39.0 Å². The Kier molecular flexibility index (Phi) is 6.22. The van der Waals surface area contributed by atoms with Crippen molar-refractivity contribution in [2.75, 3.05) is 39.8 Å². The molecule has 1 aromatic carbocycles. The Morgan fingerprint density at radius 3 is 2.67 bits per heavy atom. The van der Waals surface area contributed by atoms with Crippen molar-refractivity contribution in [2.45, 2.75) is 38.5 Å². The number of hydrogen-bond acceptors (Lipinski definition) is 5. The molecule has 2 aliphatic heterocycles. The first kappa shape index (κ1) is 20.7. The maximum absolute atomic E-state index is 12.5. The molecule has 0 bridgehead atoms. The van der Waals surface area contributed by atoms with E-state index in [0.717, 1.165) is 69.2 Å². The molecular formula is C22H31N5O3. The first-order chi connectivity index (χ1) is 14.5. The maximum atomic E-state index is 12.5. The Morgan fingerprint density at radius 1 is 1.17 bits per heavy atom. The highest BCUT2D eigenvalue weighted by atomic mass is 16.5. The van der Waals surface area contributed by atoms with E-state index in [1.165, 1.54) is 11.1 Å². The third-order valence-corrected chi connectivity index (χ3v) is 6.33. The Hall–Kier alpha value is -2.61. The first-order valence-corrected chi connectivity index (χ1v) is 10.8. The summed E-state index contributed by atoms with van der Waals surface area (Å²) in [4.78, 5) is 31.6. The molecule has 4 rings (SSSR count). The van der Waals surface area contributed by atoms with Gasteiger partial charge in [-0.3, -0.25) is 9.78 Å². The smallest absolute Gasteiger partial charge is 0.348 e. The summed E-state index contributed by atoms with van der Waals surface area (Å²) in [6.45, 7) is 6.37. The number of aromatic amines is 1. The van der Waals surface area contributed by atoms with E-state index in [4.69, 9.17) is 4.74 Å². The highest BCUT2D eigenvalue weighted by Gasteiger charge is 2.28. The number of piperidine rings is 2. The van der Waals surface area contributed by atoms with E-state index < -0.39 is 0 Å². The molecule has 8 heteroatoms. The van der Waals surface area contributed by atoms with Crippen LogP contribution < -0.4 is 10.4 Å². The second-order valence-electron chi connectivity index (χ2n) is 8.50. The predicted molar refractivity (Wildman–Crippen MR) is 114 cm³/mol. The van der Waals surface area contributed by atoms with Crippen LogP contribution in [0.5, 0.6) is 5.75 Å². The monoisotopic (exact) mass is 413 g/mol. The minimum Gasteiger partial charge on any atom is -0.497 e. The van der Waals surface area contributed by atoms with Gasteiger partial charge in [0.05, 0.1) is 12.8 Å². The molecule has 2 fully saturated rings. The summed E-state index contributed by atoms with van der Waals surface area (Å²) in [5, 5.41) is 4.60.